The van der Waals surface area contributed by atoms with Gasteiger partial charge in [0.15, 0.2) is 0 Å². The van der Waals surface area contributed by atoms with Crippen molar-refractivity contribution in [2.24, 2.45) is 22.7 Å². The summed E-state index contributed by atoms with van der Waals surface area (Å²) in [5, 5.41) is 0. The molecule has 0 N–H and O–H groups in total. The molecule has 114 valence electrons. The zero-order chi connectivity index (χ0) is 14.5. The lowest BCUT2D eigenvalue weighted by molar-refractivity contribution is -0.0486. The average Bonchev–Trinajstić information content (AvgIpc) is 2.24. The van der Waals surface area contributed by atoms with Crippen LogP contribution >= 0.6 is 0 Å². The normalized spacial score (nSPS) is 22.4. The van der Waals surface area contributed by atoms with Crippen molar-refractivity contribution in [3.63, 3.8) is 0 Å². The molecule has 0 spiro atoms. The lowest BCUT2D eigenvalue weighted by Gasteiger charge is -2.33. The molecule has 1 aliphatic heterocycles. The minimum absolute atomic E-state index is 0.494. The van der Waals surface area contributed by atoms with Gasteiger partial charge in [0.05, 0.1) is 13.2 Å². The maximum absolute atomic E-state index is 5.08. The molecule has 19 heavy (non-hydrogen) atoms. The molecule has 1 heteroatoms. The molecular weight excluding hydrogens is 232 g/mol. The summed E-state index contributed by atoms with van der Waals surface area (Å²) in [7, 11) is 0. The molecular formula is C18H36O. The molecule has 0 bridgehead atoms. The van der Waals surface area contributed by atoms with Crippen molar-refractivity contribution < 1.29 is 4.74 Å². The summed E-state index contributed by atoms with van der Waals surface area (Å²) in [6.07, 6.45) is 8.69. The summed E-state index contributed by atoms with van der Waals surface area (Å²) in [5.74, 6) is 1.85. The predicted molar refractivity (Wildman–Crippen MR) is 84.4 cm³/mol. The molecule has 0 unspecified atom stereocenters. The van der Waals surface area contributed by atoms with Crippen molar-refractivity contribution in [1.82, 2.24) is 0 Å². The minimum atomic E-state index is 0.494. The largest absolute Gasteiger partial charge is 0.381 e. The standard InChI is InChI=1S/C10H20.C8H16O/c1-10(2,3)9-7-5-4-6-8-9;1-8(2,3)4-7-5-9-6-7/h9H,4-8H2,1-3H3;7H,4-6H2,1-3H3. The first-order valence-corrected chi connectivity index (χ1v) is 8.26. The highest BCUT2D eigenvalue weighted by Crippen LogP contribution is 2.37. The molecule has 0 atom stereocenters. The van der Waals surface area contributed by atoms with E-state index in [1.807, 2.05) is 0 Å². The Kier molecular flexibility index (Phi) is 6.36. The number of hydrogen-bond donors (Lipinski definition) is 0. The second-order valence-electron chi connectivity index (χ2n) is 8.87. The zero-order valence-electron chi connectivity index (χ0n) is 14.2. The maximum atomic E-state index is 5.08. The Bertz CT molecular complexity index is 233. The summed E-state index contributed by atoms with van der Waals surface area (Å²) < 4.78 is 5.08. The summed E-state index contributed by atoms with van der Waals surface area (Å²) in [6.45, 7) is 16.0. The molecule has 1 saturated heterocycles. The van der Waals surface area contributed by atoms with Crippen LogP contribution in [0.4, 0.5) is 0 Å². The second-order valence-corrected chi connectivity index (χ2v) is 8.87. The topological polar surface area (TPSA) is 9.23 Å². The third-order valence-corrected chi connectivity index (χ3v) is 4.44. The van der Waals surface area contributed by atoms with Crippen LogP contribution in [0.15, 0.2) is 0 Å². The van der Waals surface area contributed by atoms with Gasteiger partial charge in [-0.15, -0.1) is 0 Å². The molecule has 2 rings (SSSR count). The van der Waals surface area contributed by atoms with E-state index < -0.39 is 0 Å². The fourth-order valence-electron chi connectivity index (χ4n) is 3.24. The van der Waals surface area contributed by atoms with E-state index in [2.05, 4.69) is 41.5 Å². The molecule has 1 heterocycles. The van der Waals surface area contributed by atoms with Crippen molar-refractivity contribution in [1.29, 1.82) is 0 Å². The van der Waals surface area contributed by atoms with Gasteiger partial charge in [-0.1, -0.05) is 60.8 Å². The van der Waals surface area contributed by atoms with Crippen LogP contribution in [-0.2, 0) is 4.74 Å². The summed E-state index contributed by atoms with van der Waals surface area (Å²) in [6, 6.07) is 0. The molecule has 0 aromatic rings. The Balaban J connectivity index is 0.000000191. The quantitative estimate of drug-likeness (QED) is 0.594. The molecule has 2 fully saturated rings. The first-order valence-electron chi connectivity index (χ1n) is 8.26. The molecule has 0 aromatic heterocycles. The predicted octanol–water partition coefficient (Wildman–Crippen LogP) is 5.68. The van der Waals surface area contributed by atoms with Crippen LogP contribution < -0.4 is 0 Å². The van der Waals surface area contributed by atoms with Gasteiger partial charge in [-0.2, -0.15) is 0 Å². The lowest BCUT2D eigenvalue weighted by Crippen LogP contribution is -2.31. The average molecular weight is 268 g/mol. The molecule has 1 saturated carbocycles. The molecule has 0 radical (unpaired) electrons. The number of hydrogen-bond acceptors (Lipinski definition) is 1. The number of ether oxygens (including phenoxy) is 1. The highest BCUT2D eigenvalue weighted by atomic mass is 16.5. The first-order chi connectivity index (χ1) is 8.68. The Labute approximate surface area is 121 Å². The van der Waals surface area contributed by atoms with Gasteiger partial charge in [-0.05, 0) is 36.0 Å². The van der Waals surface area contributed by atoms with Crippen LogP contribution in [0, 0.1) is 22.7 Å². The Morgan fingerprint density at radius 3 is 1.58 bits per heavy atom. The van der Waals surface area contributed by atoms with Gasteiger partial charge in [0.2, 0.25) is 0 Å². The van der Waals surface area contributed by atoms with Gasteiger partial charge in [0.1, 0.15) is 0 Å². The van der Waals surface area contributed by atoms with Crippen LogP contribution in [0.5, 0.6) is 0 Å². The fraction of sp³-hybridized carbons (Fsp3) is 1.00. The van der Waals surface area contributed by atoms with Crippen LogP contribution in [0.1, 0.15) is 80.1 Å². The molecule has 0 amide bonds. The van der Waals surface area contributed by atoms with Crippen molar-refractivity contribution in [3.8, 4) is 0 Å². The third-order valence-electron chi connectivity index (χ3n) is 4.44. The van der Waals surface area contributed by atoms with Crippen molar-refractivity contribution >= 4 is 0 Å². The second kappa shape index (κ2) is 7.11. The van der Waals surface area contributed by atoms with Crippen molar-refractivity contribution in [3.05, 3.63) is 0 Å². The van der Waals surface area contributed by atoms with E-state index in [-0.39, 0.29) is 0 Å². The third kappa shape index (κ3) is 7.34. The highest BCUT2D eigenvalue weighted by Gasteiger charge is 2.25. The lowest BCUT2D eigenvalue weighted by atomic mass is 9.72. The van der Waals surface area contributed by atoms with E-state index in [4.69, 9.17) is 4.74 Å². The molecule has 2 aliphatic rings. The van der Waals surface area contributed by atoms with Crippen LogP contribution in [0.25, 0.3) is 0 Å². The monoisotopic (exact) mass is 268 g/mol. The van der Waals surface area contributed by atoms with Gasteiger partial charge in [-0.25, -0.2) is 0 Å². The number of rotatable bonds is 1. The van der Waals surface area contributed by atoms with Crippen molar-refractivity contribution in [2.45, 2.75) is 80.1 Å². The molecule has 1 aliphatic carbocycles. The van der Waals surface area contributed by atoms with E-state index in [0.29, 0.717) is 10.8 Å². The molecule has 0 aromatic carbocycles. The van der Waals surface area contributed by atoms with E-state index in [1.54, 1.807) is 0 Å². The van der Waals surface area contributed by atoms with Gasteiger partial charge < -0.3 is 4.74 Å². The smallest absolute Gasteiger partial charge is 0.0516 e. The SMILES string of the molecule is CC(C)(C)C1CCCCC1.CC(C)(C)CC1COC1. The van der Waals surface area contributed by atoms with Gasteiger partial charge >= 0.3 is 0 Å². The Morgan fingerprint density at radius 1 is 0.842 bits per heavy atom. The van der Waals surface area contributed by atoms with Gasteiger partial charge in [0, 0.05) is 5.92 Å². The van der Waals surface area contributed by atoms with Crippen molar-refractivity contribution in [2.75, 3.05) is 13.2 Å². The Morgan fingerprint density at radius 2 is 1.37 bits per heavy atom. The van der Waals surface area contributed by atoms with E-state index >= 15 is 0 Å². The van der Waals surface area contributed by atoms with E-state index in [0.717, 1.165) is 25.0 Å². The minimum Gasteiger partial charge on any atom is -0.381 e. The fourth-order valence-corrected chi connectivity index (χ4v) is 3.24. The molecule has 1 nitrogen and oxygen atoms in total. The van der Waals surface area contributed by atoms with E-state index in [1.165, 1.54) is 38.5 Å². The summed E-state index contributed by atoms with van der Waals surface area (Å²) in [4.78, 5) is 0. The van der Waals surface area contributed by atoms with Crippen LogP contribution in [-0.4, -0.2) is 13.2 Å². The highest BCUT2D eigenvalue weighted by molar-refractivity contribution is 4.76. The maximum Gasteiger partial charge on any atom is 0.0516 e. The van der Waals surface area contributed by atoms with E-state index in [9.17, 15) is 0 Å². The zero-order valence-corrected chi connectivity index (χ0v) is 14.2. The van der Waals surface area contributed by atoms with Crippen LogP contribution in [0.3, 0.4) is 0 Å². The first kappa shape index (κ1) is 17.0. The summed E-state index contributed by atoms with van der Waals surface area (Å²) >= 11 is 0. The summed E-state index contributed by atoms with van der Waals surface area (Å²) in [5.41, 5.74) is 1.06. The van der Waals surface area contributed by atoms with Crippen LogP contribution in [0.2, 0.25) is 0 Å². The Hall–Kier alpha value is -0.0400. The van der Waals surface area contributed by atoms with Gasteiger partial charge in [-0.3, -0.25) is 0 Å². The van der Waals surface area contributed by atoms with Gasteiger partial charge in [0.25, 0.3) is 0 Å².